The Morgan fingerprint density at radius 3 is 3.17 bits per heavy atom. The third-order valence-corrected chi connectivity index (χ3v) is 2.36. The third-order valence-electron chi connectivity index (χ3n) is 1.69. The maximum absolute atomic E-state index is 7.24. The molecule has 1 aliphatic heterocycles. The van der Waals surface area contributed by atoms with E-state index in [1.807, 2.05) is 12.1 Å². The monoisotopic (exact) mass is 274 g/mol. The summed E-state index contributed by atoms with van der Waals surface area (Å²) in [5, 5.41) is 10.1. The molecule has 62 valence electrons. The van der Waals surface area contributed by atoms with E-state index in [2.05, 4.69) is 34.0 Å². The second-order valence-corrected chi connectivity index (χ2v) is 3.79. The van der Waals surface area contributed by atoms with E-state index in [0.29, 0.717) is 6.61 Å². The fraction of sp³-hybridized carbons (Fsp3) is 0.125. The van der Waals surface area contributed by atoms with E-state index in [-0.39, 0.29) is 6.02 Å². The highest BCUT2D eigenvalue weighted by Gasteiger charge is 2.12. The molecule has 2 rings (SSSR count). The minimum absolute atomic E-state index is 0.128. The Morgan fingerprint density at radius 2 is 2.33 bits per heavy atom. The first-order chi connectivity index (χ1) is 5.75. The van der Waals surface area contributed by atoms with Crippen molar-refractivity contribution >= 4 is 34.3 Å². The zero-order valence-corrected chi connectivity index (χ0v) is 8.38. The molecule has 3 nitrogen and oxygen atoms in total. The summed E-state index contributed by atoms with van der Waals surface area (Å²) in [7, 11) is 0. The van der Waals surface area contributed by atoms with Crippen LogP contribution in [0.25, 0.3) is 0 Å². The standard InChI is InChI=1S/C8H7IN2O/c9-6-1-2-7-5(3-6)4-12-8(10)11-7/h1-3H,4H2,(H2,10,11). The fourth-order valence-electron chi connectivity index (χ4n) is 1.11. The molecular weight excluding hydrogens is 267 g/mol. The van der Waals surface area contributed by atoms with E-state index in [1.54, 1.807) is 0 Å². The van der Waals surface area contributed by atoms with Gasteiger partial charge in [-0.2, -0.15) is 0 Å². The predicted octanol–water partition coefficient (Wildman–Crippen LogP) is 2.17. The molecular formula is C8H7IN2O. The number of ether oxygens (including phenoxy) is 1. The summed E-state index contributed by atoms with van der Waals surface area (Å²) in [5.74, 6) is 0. The molecule has 0 saturated carbocycles. The number of fused-ring (bicyclic) bond motifs is 1. The maximum Gasteiger partial charge on any atom is 0.286 e. The van der Waals surface area contributed by atoms with Gasteiger partial charge >= 0.3 is 0 Å². The van der Waals surface area contributed by atoms with Crippen molar-refractivity contribution in [3.8, 4) is 0 Å². The van der Waals surface area contributed by atoms with Gasteiger partial charge < -0.3 is 10.1 Å². The second-order valence-electron chi connectivity index (χ2n) is 2.54. The highest BCUT2D eigenvalue weighted by Crippen LogP contribution is 2.22. The number of benzene rings is 1. The van der Waals surface area contributed by atoms with Crippen LogP contribution in [-0.4, -0.2) is 6.02 Å². The average molecular weight is 274 g/mol. The molecule has 0 aromatic heterocycles. The lowest BCUT2D eigenvalue weighted by Gasteiger charge is -2.19. The van der Waals surface area contributed by atoms with E-state index < -0.39 is 0 Å². The van der Waals surface area contributed by atoms with Crippen molar-refractivity contribution in [2.45, 2.75) is 6.61 Å². The van der Waals surface area contributed by atoms with Crippen LogP contribution in [0.5, 0.6) is 0 Å². The van der Waals surface area contributed by atoms with Crippen LogP contribution in [0.3, 0.4) is 0 Å². The Hall–Kier alpha value is -0.780. The first kappa shape index (κ1) is 7.85. The van der Waals surface area contributed by atoms with Crippen LogP contribution in [0.2, 0.25) is 0 Å². The van der Waals surface area contributed by atoms with E-state index in [0.717, 1.165) is 11.3 Å². The SMILES string of the molecule is N=C1Nc2ccc(I)cc2CO1. The Balaban J connectivity index is 2.43. The Morgan fingerprint density at radius 1 is 1.50 bits per heavy atom. The lowest BCUT2D eigenvalue weighted by molar-refractivity contribution is 0.283. The summed E-state index contributed by atoms with van der Waals surface area (Å²) < 4.78 is 6.21. The number of nitrogens with one attached hydrogen (secondary N) is 2. The molecule has 1 aliphatic rings. The predicted molar refractivity (Wildman–Crippen MR) is 55.3 cm³/mol. The first-order valence-electron chi connectivity index (χ1n) is 3.52. The van der Waals surface area contributed by atoms with Crippen LogP contribution in [0, 0.1) is 8.98 Å². The van der Waals surface area contributed by atoms with Crippen molar-refractivity contribution in [3.63, 3.8) is 0 Å². The molecule has 1 aromatic carbocycles. The van der Waals surface area contributed by atoms with Gasteiger partial charge in [-0.05, 0) is 40.8 Å². The van der Waals surface area contributed by atoms with Crippen molar-refractivity contribution in [2.75, 3.05) is 5.32 Å². The van der Waals surface area contributed by atoms with Gasteiger partial charge in [0.15, 0.2) is 0 Å². The summed E-state index contributed by atoms with van der Waals surface area (Å²) in [5.41, 5.74) is 2.09. The van der Waals surface area contributed by atoms with Crippen molar-refractivity contribution < 1.29 is 4.74 Å². The summed E-state index contributed by atoms with van der Waals surface area (Å²) in [6.45, 7) is 0.498. The van der Waals surface area contributed by atoms with Crippen molar-refractivity contribution in [3.05, 3.63) is 27.3 Å². The smallest absolute Gasteiger partial charge is 0.286 e. The van der Waals surface area contributed by atoms with Gasteiger partial charge in [-0.25, -0.2) is 0 Å². The quantitative estimate of drug-likeness (QED) is 0.712. The summed E-state index contributed by atoms with van der Waals surface area (Å²) >= 11 is 2.25. The van der Waals surface area contributed by atoms with Crippen LogP contribution in [-0.2, 0) is 11.3 Å². The molecule has 0 fully saturated rings. The first-order valence-corrected chi connectivity index (χ1v) is 4.60. The highest BCUT2D eigenvalue weighted by molar-refractivity contribution is 14.1. The molecule has 1 aromatic rings. The molecule has 12 heavy (non-hydrogen) atoms. The highest BCUT2D eigenvalue weighted by atomic mass is 127. The van der Waals surface area contributed by atoms with Gasteiger partial charge in [0.25, 0.3) is 6.02 Å². The lowest BCUT2D eigenvalue weighted by Crippen LogP contribution is -2.20. The van der Waals surface area contributed by atoms with Crippen molar-refractivity contribution in [1.82, 2.24) is 0 Å². The summed E-state index contributed by atoms with van der Waals surface area (Å²) in [4.78, 5) is 0. The molecule has 0 unspecified atom stereocenters. The van der Waals surface area contributed by atoms with E-state index in [9.17, 15) is 0 Å². The molecule has 1 heterocycles. The minimum atomic E-state index is 0.128. The zero-order valence-electron chi connectivity index (χ0n) is 6.23. The van der Waals surface area contributed by atoms with Gasteiger partial charge in [0.2, 0.25) is 0 Å². The lowest BCUT2D eigenvalue weighted by atomic mass is 10.2. The number of amidine groups is 1. The zero-order chi connectivity index (χ0) is 8.55. The van der Waals surface area contributed by atoms with Crippen molar-refractivity contribution in [1.29, 1.82) is 5.41 Å². The number of rotatable bonds is 0. The number of hydrogen-bond acceptors (Lipinski definition) is 2. The van der Waals surface area contributed by atoms with E-state index in [4.69, 9.17) is 10.1 Å². The summed E-state index contributed by atoms with van der Waals surface area (Å²) in [6, 6.07) is 6.15. The minimum Gasteiger partial charge on any atom is -0.460 e. The molecule has 0 saturated heterocycles. The molecule has 0 aliphatic carbocycles. The summed E-state index contributed by atoms with van der Waals surface area (Å²) in [6.07, 6.45) is 0. The van der Waals surface area contributed by atoms with Crippen LogP contribution >= 0.6 is 22.6 Å². The van der Waals surface area contributed by atoms with Gasteiger partial charge in [-0.3, -0.25) is 5.41 Å². The molecule has 0 spiro atoms. The van der Waals surface area contributed by atoms with Crippen LogP contribution in [0.1, 0.15) is 5.56 Å². The van der Waals surface area contributed by atoms with Gasteiger partial charge in [-0.15, -0.1) is 0 Å². The molecule has 0 amide bonds. The Bertz CT molecular complexity index is 338. The van der Waals surface area contributed by atoms with Crippen molar-refractivity contribution in [2.24, 2.45) is 0 Å². The molecule has 0 bridgehead atoms. The molecule has 0 radical (unpaired) electrons. The van der Waals surface area contributed by atoms with E-state index >= 15 is 0 Å². The Labute approximate surface area is 83.8 Å². The van der Waals surface area contributed by atoms with Crippen LogP contribution < -0.4 is 5.32 Å². The van der Waals surface area contributed by atoms with Gasteiger partial charge in [0.1, 0.15) is 6.61 Å². The van der Waals surface area contributed by atoms with Gasteiger partial charge in [0.05, 0.1) is 0 Å². The second kappa shape index (κ2) is 2.93. The maximum atomic E-state index is 7.24. The van der Waals surface area contributed by atoms with Crippen LogP contribution in [0.15, 0.2) is 18.2 Å². The topological polar surface area (TPSA) is 45.1 Å². The largest absolute Gasteiger partial charge is 0.460 e. The number of halogens is 1. The number of hydrogen-bond donors (Lipinski definition) is 2. The van der Waals surface area contributed by atoms with Crippen LogP contribution in [0.4, 0.5) is 5.69 Å². The number of anilines is 1. The normalized spacial score (nSPS) is 14.6. The third kappa shape index (κ3) is 1.38. The Kier molecular flexibility index (Phi) is 1.92. The van der Waals surface area contributed by atoms with Gasteiger partial charge in [-0.1, -0.05) is 0 Å². The van der Waals surface area contributed by atoms with Gasteiger partial charge in [0, 0.05) is 14.8 Å². The van der Waals surface area contributed by atoms with E-state index in [1.165, 1.54) is 3.57 Å². The average Bonchev–Trinajstić information content (AvgIpc) is 2.05. The molecule has 0 atom stereocenters. The fourth-order valence-corrected chi connectivity index (χ4v) is 1.67. The molecule has 4 heteroatoms. The molecule has 2 N–H and O–H groups in total.